The molecule has 56 heavy (non-hydrogen) atoms. The van der Waals surface area contributed by atoms with Gasteiger partial charge < -0.3 is 31.9 Å². The van der Waals surface area contributed by atoms with Crippen molar-refractivity contribution in [3.8, 4) is 22.3 Å². The number of carbonyl (C=O) groups is 4. The second kappa shape index (κ2) is 19.7. The zero-order valence-corrected chi connectivity index (χ0v) is 34.1. The van der Waals surface area contributed by atoms with E-state index in [2.05, 4.69) is 51.5 Å². The molecule has 8 N–H and O–H groups in total. The van der Waals surface area contributed by atoms with Crippen molar-refractivity contribution in [1.82, 2.24) is 9.97 Å². The van der Waals surface area contributed by atoms with Crippen LogP contribution in [0.4, 0.5) is 0 Å². The van der Waals surface area contributed by atoms with Crippen molar-refractivity contribution < 1.29 is 39.6 Å². The molecule has 0 spiro atoms. The molecule has 4 rings (SSSR count). The first-order valence-corrected chi connectivity index (χ1v) is 18.1. The maximum Gasteiger partial charge on any atom is 0.338 e. The van der Waals surface area contributed by atoms with E-state index < -0.39 is 23.9 Å². The van der Waals surface area contributed by atoms with Crippen LogP contribution in [-0.2, 0) is 35.5 Å². The van der Waals surface area contributed by atoms with E-state index >= 15 is 0 Å². The van der Waals surface area contributed by atoms with Crippen LogP contribution in [0.25, 0.3) is 22.3 Å². The second-order valence-electron chi connectivity index (χ2n) is 16.0. The van der Waals surface area contributed by atoms with Gasteiger partial charge in [0.15, 0.2) is 0 Å². The molecule has 0 atom stereocenters. The Morgan fingerprint density at radius 3 is 1.05 bits per heavy atom. The average molecular weight is 769 g/mol. The number of carboxylic acid groups (broad SMARTS) is 4. The van der Waals surface area contributed by atoms with Gasteiger partial charge in [0, 0.05) is 47.8 Å². The molecular weight excluding hydrogens is 713 g/mol. The molecule has 4 aromatic rings. The van der Waals surface area contributed by atoms with E-state index in [-0.39, 0.29) is 35.0 Å². The molecule has 300 valence electrons. The molecule has 0 bridgehead atoms. The Hall–Kier alpha value is -5.72. The van der Waals surface area contributed by atoms with E-state index in [1.54, 1.807) is 13.8 Å². The normalized spacial score (nSPS) is 11.3. The number of rotatable bonds is 10. The highest BCUT2D eigenvalue weighted by Crippen LogP contribution is 2.35. The lowest BCUT2D eigenvalue weighted by molar-refractivity contribution is -0.134. The number of carboxylic acids is 4. The summed E-state index contributed by atoms with van der Waals surface area (Å²) in [6.07, 6.45) is 2.61. The molecule has 0 fully saturated rings. The smallest absolute Gasteiger partial charge is 0.338 e. The zero-order chi connectivity index (χ0) is 42.7. The van der Waals surface area contributed by atoms with Crippen LogP contribution < -0.4 is 11.5 Å². The average Bonchev–Trinajstić information content (AvgIpc) is 3.06. The highest BCUT2D eigenvalue weighted by molar-refractivity contribution is 5.99. The fraction of sp³-hybridized carbons (Fsp3) is 0.364. The van der Waals surface area contributed by atoms with Crippen LogP contribution in [0.1, 0.15) is 107 Å². The number of aromatic carboxylic acids is 2. The molecule has 2 aromatic heterocycles. The lowest BCUT2D eigenvalue weighted by Crippen LogP contribution is -2.18. The van der Waals surface area contributed by atoms with Gasteiger partial charge in [-0.1, -0.05) is 101 Å². The first kappa shape index (κ1) is 46.4. The molecule has 12 nitrogen and oxygen atoms in total. The summed E-state index contributed by atoms with van der Waals surface area (Å²) in [5.41, 5.74) is 22.6. The minimum atomic E-state index is -1.26. The summed E-state index contributed by atoms with van der Waals surface area (Å²) in [4.78, 5) is 52.0. The van der Waals surface area contributed by atoms with Gasteiger partial charge in [-0.05, 0) is 73.6 Å². The number of aryl methyl sites for hydroxylation is 4. The lowest BCUT2D eigenvalue weighted by atomic mass is 9.85. The Morgan fingerprint density at radius 2 is 0.839 bits per heavy atom. The van der Waals surface area contributed by atoms with E-state index in [0.717, 1.165) is 57.6 Å². The van der Waals surface area contributed by atoms with Gasteiger partial charge in [0.1, 0.15) is 0 Å². The van der Waals surface area contributed by atoms with Gasteiger partial charge in [0.25, 0.3) is 0 Å². The summed E-state index contributed by atoms with van der Waals surface area (Å²) >= 11 is 0. The van der Waals surface area contributed by atoms with Crippen LogP contribution in [0, 0.1) is 38.5 Å². The quantitative estimate of drug-likeness (QED) is 0.0846. The van der Waals surface area contributed by atoms with Gasteiger partial charge in [-0.3, -0.25) is 9.97 Å². The number of aliphatic carboxylic acids is 2. The van der Waals surface area contributed by atoms with Crippen molar-refractivity contribution in [2.45, 2.75) is 95.2 Å². The lowest BCUT2D eigenvalue weighted by Gasteiger charge is -2.23. The minimum absolute atomic E-state index is 0.0403. The van der Waals surface area contributed by atoms with E-state index in [4.69, 9.17) is 21.7 Å². The van der Waals surface area contributed by atoms with Gasteiger partial charge in [0.2, 0.25) is 0 Å². The van der Waals surface area contributed by atoms with Crippen LogP contribution >= 0.6 is 0 Å². The van der Waals surface area contributed by atoms with Gasteiger partial charge in [0.05, 0.1) is 22.5 Å². The minimum Gasteiger partial charge on any atom is -0.478 e. The van der Waals surface area contributed by atoms with Gasteiger partial charge in [-0.25, -0.2) is 19.2 Å². The zero-order valence-electron chi connectivity index (χ0n) is 34.1. The molecule has 0 aliphatic carbocycles. The van der Waals surface area contributed by atoms with Crippen molar-refractivity contribution in [3.63, 3.8) is 0 Å². The number of hydrogen-bond donors (Lipinski definition) is 6. The first-order valence-electron chi connectivity index (χ1n) is 18.1. The maximum atomic E-state index is 11.9. The SMILES string of the molecule is Cc1ccc(-c2c(CN)c(CC(C)(C)C)nc(C)c2C(=O)O)cc1.Cc1ccc(-c2c(CN)c(CC(C)(C)C)nc(C)c2C(=O)O)cc1.O=C(O)C=CC(=O)O. The number of nitrogens with zero attached hydrogens (tertiary/aromatic N) is 2. The van der Waals surface area contributed by atoms with Crippen molar-refractivity contribution >= 4 is 23.9 Å². The second-order valence-corrected chi connectivity index (χ2v) is 16.0. The Morgan fingerprint density at radius 1 is 0.554 bits per heavy atom. The predicted molar refractivity (Wildman–Crippen MR) is 219 cm³/mol. The van der Waals surface area contributed by atoms with Crippen molar-refractivity contribution in [2.75, 3.05) is 0 Å². The molecule has 0 radical (unpaired) electrons. The predicted octanol–water partition coefficient (Wildman–Crippen LogP) is 7.93. The first-order chi connectivity index (χ1) is 25.9. The largest absolute Gasteiger partial charge is 0.478 e. The number of pyridine rings is 2. The van der Waals surface area contributed by atoms with E-state index in [9.17, 15) is 29.4 Å². The standard InChI is InChI=1S/2C20H26N2O2.C4H4O4/c2*1-12-6-8-14(9-7-12)18-15(11-21)16(10-20(3,4)5)22-13(2)17(18)19(23)24;5-3(6)1-2-4(7)8/h2*6-9H,10-11,21H2,1-5H3,(H,23,24);1-2H,(H,5,6)(H,7,8). The molecule has 0 unspecified atom stereocenters. The molecule has 12 heteroatoms. The molecular formula is C44H56N4O8. The van der Waals surface area contributed by atoms with E-state index in [1.165, 1.54) is 0 Å². The number of nitrogens with two attached hydrogens (primary N) is 2. The van der Waals surface area contributed by atoms with Crippen LogP contribution in [0.2, 0.25) is 0 Å². The fourth-order valence-electron chi connectivity index (χ4n) is 6.08. The Kier molecular flexibility index (Phi) is 16.4. The van der Waals surface area contributed by atoms with Crippen LogP contribution in [0.15, 0.2) is 60.7 Å². The summed E-state index contributed by atoms with van der Waals surface area (Å²) in [6.45, 7) is 20.9. The Balaban J connectivity index is 0.000000325. The van der Waals surface area contributed by atoms with Gasteiger partial charge >= 0.3 is 23.9 Å². The van der Waals surface area contributed by atoms with Crippen molar-refractivity contribution in [2.24, 2.45) is 22.3 Å². The molecule has 0 aliphatic heterocycles. The van der Waals surface area contributed by atoms with Crippen LogP contribution in [0.3, 0.4) is 0 Å². The van der Waals surface area contributed by atoms with Gasteiger partial charge in [-0.2, -0.15) is 0 Å². The molecule has 0 saturated carbocycles. The summed E-state index contributed by atoms with van der Waals surface area (Å²) in [5, 5.41) is 35.1. The van der Waals surface area contributed by atoms with Crippen LogP contribution in [-0.4, -0.2) is 54.3 Å². The van der Waals surface area contributed by atoms with E-state index in [1.807, 2.05) is 62.4 Å². The molecule has 0 aliphatic rings. The van der Waals surface area contributed by atoms with Crippen molar-refractivity contribution in [3.05, 3.63) is 117 Å². The summed E-state index contributed by atoms with van der Waals surface area (Å²) < 4.78 is 0. The highest BCUT2D eigenvalue weighted by Gasteiger charge is 2.26. The third-order valence-electron chi connectivity index (χ3n) is 8.41. The molecule has 0 amide bonds. The van der Waals surface area contributed by atoms with Crippen molar-refractivity contribution in [1.29, 1.82) is 0 Å². The fourth-order valence-corrected chi connectivity index (χ4v) is 6.08. The topological polar surface area (TPSA) is 227 Å². The maximum absolute atomic E-state index is 11.9. The summed E-state index contributed by atoms with van der Waals surface area (Å²) in [5.74, 6) is -4.44. The molecule has 2 heterocycles. The number of hydrogen-bond acceptors (Lipinski definition) is 8. The van der Waals surface area contributed by atoms with E-state index in [0.29, 0.717) is 34.7 Å². The Labute approximate surface area is 329 Å². The number of benzene rings is 2. The molecule has 2 aromatic carbocycles. The monoisotopic (exact) mass is 768 g/mol. The third kappa shape index (κ3) is 13.5. The van der Waals surface area contributed by atoms with Gasteiger partial charge in [-0.15, -0.1) is 0 Å². The summed E-state index contributed by atoms with van der Waals surface area (Å²) in [7, 11) is 0. The molecule has 0 saturated heterocycles. The third-order valence-corrected chi connectivity index (χ3v) is 8.41. The highest BCUT2D eigenvalue weighted by atomic mass is 16.4. The number of aromatic nitrogens is 2. The Bertz CT molecular complexity index is 1920. The van der Waals surface area contributed by atoms with Crippen LogP contribution in [0.5, 0.6) is 0 Å². The summed E-state index contributed by atoms with van der Waals surface area (Å²) in [6, 6.07) is 15.8.